The van der Waals surface area contributed by atoms with Crippen LogP contribution in [-0.4, -0.2) is 129 Å². The molecule has 0 radical (unpaired) electrons. The summed E-state index contributed by atoms with van der Waals surface area (Å²) in [5.41, 5.74) is 7.58. The molecule has 2 rings (SSSR count). The smallest absolute Gasteiger partial charge is 0.240 e. The molecule has 12 nitrogen and oxygen atoms in total. The van der Waals surface area contributed by atoms with Crippen molar-refractivity contribution in [1.29, 1.82) is 0 Å². The number of hydrogen-bond donors (Lipinski definition) is 4. The van der Waals surface area contributed by atoms with Crippen LogP contribution in [-0.2, 0) is 30.3 Å². The summed E-state index contributed by atoms with van der Waals surface area (Å²) in [6.07, 6.45) is 1.10. The van der Waals surface area contributed by atoms with Gasteiger partial charge in [0.25, 0.3) is 0 Å². The number of likely N-dealkylation sites (tertiary alicyclic amines) is 1. The molecular weight excluding hydrogens is 648 g/mol. The molecule has 5 N–H and O–H groups in total. The fourth-order valence-electron chi connectivity index (χ4n) is 7.78. The van der Waals surface area contributed by atoms with Crippen molar-refractivity contribution < 1.29 is 29.0 Å². The molecule has 1 saturated heterocycles. The van der Waals surface area contributed by atoms with Crippen molar-refractivity contribution in [3.63, 3.8) is 0 Å². The van der Waals surface area contributed by atoms with Crippen molar-refractivity contribution in [2.75, 3.05) is 54.2 Å². The quantitative estimate of drug-likeness (QED) is 0.111. The summed E-state index contributed by atoms with van der Waals surface area (Å²) in [6, 6.07) is 6.12. The first kappa shape index (κ1) is 44.4. The van der Waals surface area contributed by atoms with Gasteiger partial charge in [-0.3, -0.25) is 19.7 Å². The molecule has 9 atom stereocenters. The normalized spacial score (nSPS) is 19.8. The number of ether oxygens (including phenoxy) is 2. The van der Waals surface area contributed by atoms with E-state index in [1.54, 1.807) is 26.2 Å². The van der Waals surface area contributed by atoms with E-state index in [1.165, 1.54) is 0 Å². The predicted molar refractivity (Wildman–Crippen MR) is 204 cm³/mol. The Hall–Kier alpha value is -2.77. The summed E-state index contributed by atoms with van der Waals surface area (Å²) in [4.78, 5) is 47.1. The van der Waals surface area contributed by atoms with Crippen LogP contribution in [0.3, 0.4) is 0 Å². The molecule has 0 spiro atoms. The number of nitrogens with zero attached hydrogens (tertiary/aromatic N) is 3. The molecule has 3 amide bonds. The van der Waals surface area contributed by atoms with Crippen molar-refractivity contribution >= 4 is 23.4 Å². The number of methoxy groups -OCH3 is 2. The minimum absolute atomic E-state index is 0.0256. The number of benzene rings is 1. The lowest BCUT2D eigenvalue weighted by Crippen LogP contribution is -2.61. The lowest BCUT2D eigenvalue weighted by molar-refractivity contribution is -0.147. The van der Waals surface area contributed by atoms with E-state index in [4.69, 9.17) is 15.2 Å². The zero-order valence-electron chi connectivity index (χ0n) is 33.5. The molecule has 292 valence electrons. The number of carbonyl (C=O) groups excluding carboxylic acids is 3. The Bertz CT molecular complexity index is 1210. The fourth-order valence-corrected chi connectivity index (χ4v) is 7.78. The van der Waals surface area contributed by atoms with Crippen LogP contribution in [0.2, 0.25) is 0 Å². The second-order valence-electron chi connectivity index (χ2n) is 15.4. The topological polar surface area (TPSA) is 150 Å². The number of anilines is 1. The number of aliphatic hydroxyl groups excluding tert-OH is 1. The third kappa shape index (κ3) is 12.1. The summed E-state index contributed by atoms with van der Waals surface area (Å²) in [7, 11) is 8.81. The van der Waals surface area contributed by atoms with Gasteiger partial charge in [-0.2, -0.15) is 0 Å². The molecular formula is C39H70N6O6. The van der Waals surface area contributed by atoms with Crippen LogP contribution in [0, 0.1) is 23.7 Å². The molecule has 51 heavy (non-hydrogen) atoms. The van der Waals surface area contributed by atoms with Crippen LogP contribution in [0.1, 0.15) is 79.7 Å². The first-order valence-electron chi connectivity index (χ1n) is 18.8. The van der Waals surface area contributed by atoms with Crippen LogP contribution in [0.25, 0.3) is 0 Å². The van der Waals surface area contributed by atoms with Crippen molar-refractivity contribution in [2.45, 2.75) is 123 Å². The van der Waals surface area contributed by atoms with Crippen LogP contribution in [0.4, 0.5) is 5.69 Å². The van der Waals surface area contributed by atoms with Crippen molar-refractivity contribution in [1.82, 2.24) is 25.3 Å². The third-order valence-electron chi connectivity index (χ3n) is 10.8. The molecule has 1 aromatic rings. The minimum atomic E-state index is -0.916. The number of nitrogens with two attached hydrogens (primary N) is 1. The average Bonchev–Trinajstić information content (AvgIpc) is 3.56. The number of carbonyl (C=O) groups is 3. The Balaban J connectivity index is 2.20. The van der Waals surface area contributed by atoms with E-state index < -0.39 is 36.4 Å². The Morgan fingerprint density at radius 1 is 0.980 bits per heavy atom. The molecule has 1 unspecified atom stereocenters. The van der Waals surface area contributed by atoms with E-state index in [0.29, 0.717) is 25.2 Å². The monoisotopic (exact) mass is 719 g/mol. The molecule has 12 heteroatoms. The van der Waals surface area contributed by atoms with Gasteiger partial charge in [0.05, 0.1) is 48.7 Å². The van der Waals surface area contributed by atoms with Gasteiger partial charge in [-0.1, -0.05) is 67.0 Å². The van der Waals surface area contributed by atoms with E-state index in [1.807, 2.05) is 82.8 Å². The molecule has 0 bridgehead atoms. The average molecular weight is 719 g/mol. The third-order valence-corrected chi connectivity index (χ3v) is 10.8. The predicted octanol–water partition coefficient (Wildman–Crippen LogP) is 3.37. The molecule has 1 heterocycles. The number of nitrogen functional groups attached to an aromatic ring is 1. The molecule has 0 aromatic heterocycles. The van der Waals surface area contributed by atoms with E-state index in [9.17, 15) is 19.5 Å². The van der Waals surface area contributed by atoms with Crippen molar-refractivity contribution in [3.05, 3.63) is 29.8 Å². The Morgan fingerprint density at radius 2 is 1.61 bits per heavy atom. The van der Waals surface area contributed by atoms with Gasteiger partial charge in [0.1, 0.15) is 6.23 Å². The molecule has 0 aliphatic carbocycles. The maximum Gasteiger partial charge on any atom is 0.240 e. The zero-order chi connectivity index (χ0) is 38.6. The number of nitrogens with one attached hydrogen (secondary N) is 2. The number of likely N-dealkylation sites (N-methyl/N-ethyl adjacent to an activating group) is 2. The maximum atomic E-state index is 14.2. The Kier molecular flexibility index (Phi) is 18.3. The number of hydrogen-bond acceptors (Lipinski definition) is 9. The Labute approximate surface area is 308 Å². The number of amides is 3. The summed E-state index contributed by atoms with van der Waals surface area (Å²) in [5.74, 6) is -0.753. The standard InChI is InChI=1S/C39H70N6O6/c1-13-26(6)35(44(10)39(49)33(24(2)3)42-38(48)34(25(4)5)43(8)9)31(50-11)23-32(46)45-22-14-15-30(45)36(51-12)27(7)37(47)41-21-20-28-16-18-29(40)19-17-28/h16-19,24-27,30-31,33-36,38,42,48H,13-15,20-23,40H2,1-12H3,(H,41,47)/t26-,27+,30-,31+,33-,34-,35-,36+,38?/m0/s1. The highest BCUT2D eigenvalue weighted by Gasteiger charge is 2.43. The van der Waals surface area contributed by atoms with E-state index in [0.717, 1.165) is 24.8 Å². The zero-order valence-corrected chi connectivity index (χ0v) is 33.5. The largest absolute Gasteiger partial charge is 0.399 e. The highest BCUT2D eigenvalue weighted by Crippen LogP contribution is 2.30. The van der Waals surface area contributed by atoms with Gasteiger partial charge in [0.2, 0.25) is 17.7 Å². The lowest BCUT2D eigenvalue weighted by atomic mass is 9.89. The molecule has 1 aromatic carbocycles. The summed E-state index contributed by atoms with van der Waals surface area (Å²) in [6.45, 7) is 15.1. The Morgan fingerprint density at radius 3 is 2.12 bits per heavy atom. The number of aliphatic hydroxyl groups is 1. The maximum absolute atomic E-state index is 14.2. The minimum Gasteiger partial charge on any atom is -0.399 e. The highest BCUT2D eigenvalue weighted by molar-refractivity contribution is 5.83. The van der Waals surface area contributed by atoms with Gasteiger partial charge >= 0.3 is 0 Å². The van der Waals surface area contributed by atoms with Crippen LogP contribution in [0.5, 0.6) is 0 Å². The van der Waals surface area contributed by atoms with Gasteiger partial charge < -0.3 is 40.3 Å². The van der Waals surface area contributed by atoms with Gasteiger partial charge in [0, 0.05) is 40.0 Å². The summed E-state index contributed by atoms with van der Waals surface area (Å²) in [5, 5.41) is 17.5. The van der Waals surface area contributed by atoms with E-state index in [2.05, 4.69) is 24.5 Å². The van der Waals surface area contributed by atoms with Gasteiger partial charge in [-0.15, -0.1) is 0 Å². The van der Waals surface area contributed by atoms with Gasteiger partial charge in [-0.05, 0) is 68.8 Å². The number of rotatable bonds is 21. The second-order valence-corrected chi connectivity index (χ2v) is 15.4. The molecule has 1 fully saturated rings. The summed E-state index contributed by atoms with van der Waals surface area (Å²) < 4.78 is 12.0. The second kappa shape index (κ2) is 21.1. The van der Waals surface area contributed by atoms with E-state index >= 15 is 0 Å². The first-order valence-corrected chi connectivity index (χ1v) is 18.8. The van der Waals surface area contributed by atoms with E-state index in [-0.39, 0.29) is 54.0 Å². The van der Waals surface area contributed by atoms with Gasteiger partial charge in [0.15, 0.2) is 0 Å². The van der Waals surface area contributed by atoms with Gasteiger partial charge in [-0.25, -0.2) is 0 Å². The highest BCUT2D eigenvalue weighted by atomic mass is 16.5. The van der Waals surface area contributed by atoms with Crippen molar-refractivity contribution in [3.8, 4) is 0 Å². The SMILES string of the molecule is CC[C@H](C)[C@@H]([C@@H](CC(=O)N1CCC[C@H]1[C@H](OC)[C@@H](C)C(=O)NCCc1ccc(N)cc1)OC)N(C)C(=O)[C@@H](NC(O)[C@H](C(C)C)N(C)C)C(C)C. The van der Waals surface area contributed by atoms with Crippen LogP contribution >= 0.6 is 0 Å². The van der Waals surface area contributed by atoms with Crippen LogP contribution in [0.15, 0.2) is 24.3 Å². The first-order chi connectivity index (χ1) is 24.0. The van der Waals surface area contributed by atoms with Crippen LogP contribution < -0.4 is 16.4 Å². The lowest BCUT2D eigenvalue weighted by Gasteiger charge is -2.42. The van der Waals surface area contributed by atoms with Crippen molar-refractivity contribution in [2.24, 2.45) is 23.7 Å². The summed E-state index contributed by atoms with van der Waals surface area (Å²) >= 11 is 0. The molecule has 1 aliphatic rings. The molecule has 0 saturated carbocycles. The fraction of sp³-hybridized carbons (Fsp3) is 0.769. The molecule has 1 aliphatic heterocycles.